The van der Waals surface area contributed by atoms with Crippen LogP contribution in [0.15, 0.2) is 60.2 Å². The Morgan fingerprint density at radius 3 is 2.35 bits per heavy atom. The number of primary amides is 1. The molecule has 2 aromatic rings. The van der Waals surface area contributed by atoms with E-state index in [4.69, 9.17) is 20.5 Å². The highest BCUT2D eigenvalue weighted by Crippen LogP contribution is 2.16. The van der Waals surface area contributed by atoms with Crippen molar-refractivity contribution < 1.29 is 14.3 Å². The van der Waals surface area contributed by atoms with Crippen LogP contribution in [0.3, 0.4) is 0 Å². The average molecular weight is 308 g/mol. The minimum atomic E-state index is -0.755. The maximum absolute atomic E-state index is 11.0. The maximum atomic E-state index is 11.0. The molecule has 0 fully saturated rings. The summed E-state index contributed by atoms with van der Waals surface area (Å²) in [4.78, 5) is 11.0. The number of nitrogens with zero attached hydrogens (tertiary/aromatic N) is 1. The van der Waals surface area contributed by atoms with Crippen molar-refractivity contribution in [3.8, 4) is 17.6 Å². The maximum Gasteiger partial charge on any atom is 0.259 e. The van der Waals surface area contributed by atoms with Crippen LogP contribution in [-0.2, 0) is 4.79 Å². The number of ether oxygens (including phenoxy) is 2. The average Bonchev–Trinajstić information content (AvgIpc) is 2.57. The van der Waals surface area contributed by atoms with E-state index in [1.54, 1.807) is 30.3 Å². The molecule has 0 aliphatic rings. The van der Waals surface area contributed by atoms with E-state index in [2.05, 4.69) is 0 Å². The summed E-state index contributed by atoms with van der Waals surface area (Å²) in [5.41, 5.74) is 5.68. The van der Waals surface area contributed by atoms with E-state index in [0.29, 0.717) is 24.5 Å². The molecule has 23 heavy (non-hydrogen) atoms. The van der Waals surface area contributed by atoms with E-state index < -0.39 is 5.91 Å². The van der Waals surface area contributed by atoms with E-state index in [1.165, 1.54) is 6.08 Å². The van der Waals surface area contributed by atoms with Gasteiger partial charge in [-0.15, -0.1) is 0 Å². The van der Waals surface area contributed by atoms with Gasteiger partial charge in [-0.25, -0.2) is 0 Å². The highest BCUT2D eigenvalue weighted by Gasteiger charge is 2.04. The van der Waals surface area contributed by atoms with Crippen molar-refractivity contribution in [2.45, 2.75) is 0 Å². The number of amides is 1. The van der Waals surface area contributed by atoms with Crippen LogP contribution in [0.1, 0.15) is 5.56 Å². The Bertz CT molecular complexity index is 733. The fourth-order valence-corrected chi connectivity index (χ4v) is 1.86. The molecule has 0 saturated heterocycles. The van der Waals surface area contributed by atoms with Crippen LogP contribution in [0, 0.1) is 11.3 Å². The van der Waals surface area contributed by atoms with Crippen molar-refractivity contribution in [3.63, 3.8) is 0 Å². The lowest BCUT2D eigenvalue weighted by atomic mass is 10.1. The number of hydrogen-bond donors (Lipinski definition) is 1. The molecule has 0 atom stereocenters. The molecule has 0 radical (unpaired) electrons. The van der Waals surface area contributed by atoms with Gasteiger partial charge in [0.05, 0.1) is 0 Å². The third kappa shape index (κ3) is 5.21. The molecule has 2 aromatic carbocycles. The molecular weight excluding hydrogens is 292 g/mol. The fraction of sp³-hybridized carbons (Fsp3) is 0.111. The number of carbonyl (C=O) groups is 1. The standard InChI is InChI=1S/C18H16N2O3/c19-13-15(18(20)21)11-14-5-4-8-17(12-14)23-10-9-22-16-6-2-1-3-7-16/h1-8,11-12H,9-10H2,(H2,20,21). The monoisotopic (exact) mass is 308 g/mol. The Kier molecular flexibility index (Phi) is 5.78. The molecule has 2 rings (SSSR count). The number of nitriles is 1. The Balaban J connectivity index is 1.90. The van der Waals surface area contributed by atoms with Gasteiger partial charge < -0.3 is 15.2 Å². The van der Waals surface area contributed by atoms with Gasteiger partial charge in [0.2, 0.25) is 0 Å². The van der Waals surface area contributed by atoms with Gasteiger partial charge in [0.25, 0.3) is 5.91 Å². The summed E-state index contributed by atoms with van der Waals surface area (Å²) in [5.74, 6) is 0.653. The lowest BCUT2D eigenvalue weighted by Gasteiger charge is -2.08. The summed E-state index contributed by atoms with van der Waals surface area (Å²) in [6.45, 7) is 0.789. The normalized spacial score (nSPS) is 10.7. The third-order valence-electron chi connectivity index (χ3n) is 2.92. The second kappa shape index (κ2) is 8.25. The largest absolute Gasteiger partial charge is 0.490 e. The Morgan fingerprint density at radius 1 is 1.04 bits per heavy atom. The topological polar surface area (TPSA) is 85.3 Å². The summed E-state index contributed by atoms with van der Waals surface area (Å²) in [7, 11) is 0. The molecule has 5 heteroatoms. The van der Waals surface area contributed by atoms with Gasteiger partial charge in [0.1, 0.15) is 36.4 Å². The summed E-state index contributed by atoms with van der Waals surface area (Å²) >= 11 is 0. The first-order chi connectivity index (χ1) is 11.2. The van der Waals surface area contributed by atoms with Crippen molar-refractivity contribution in [2.75, 3.05) is 13.2 Å². The quantitative estimate of drug-likeness (QED) is 0.484. The molecule has 1 amide bonds. The number of carbonyl (C=O) groups excluding carboxylic acids is 1. The van der Waals surface area contributed by atoms with Crippen LogP contribution >= 0.6 is 0 Å². The van der Waals surface area contributed by atoms with E-state index in [1.807, 2.05) is 30.3 Å². The highest BCUT2D eigenvalue weighted by molar-refractivity contribution is 6.00. The van der Waals surface area contributed by atoms with Gasteiger partial charge in [-0.2, -0.15) is 5.26 Å². The molecule has 0 aliphatic carbocycles. The minimum absolute atomic E-state index is 0.102. The zero-order valence-electron chi connectivity index (χ0n) is 12.4. The second-order valence-corrected chi connectivity index (χ2v) is 4.62. The van der Waals surface area contributed by atoms with Gasteiger partial charge in [-0.1, -0.05) is 30.3 Å². The first-order valence-electron chi connectivity index (χ1n) is 7.01. The zero-order chi connectivity index (χ0) is 16.5. The van der Waals surface area contributed by atoms with Crippen molar-refractivity contribution in [1.82, 2.24) is 0 Å². The molecule has 116 valence electrons. The molecule has 0 unspecified atom stereocenters. The summed E-state index contributed by atoms with van der Waals surface area (Å²) in [6, 6.07) is 18.3. The van der Waals surface area contributed by atoms with Gasteiger partial charge in [0, 0.05) is 0 Å². The SMILES string of the molecule is N#CC(=Cc1cccc(OCCOc2ccccc2)c1)C(N)=O. The summed E-state index contributed by atoms with van der Waals surface area (Å²) < 4.78 is 11.1. The number of benzene rings is 2. The lowest BCUT2D eigenvalue weighted by molar-refractivity contribution is -0.114. The molecule has 0 aliphatic heterocycles. The number of rotatable bonds is 7. The van der Waals surface area contributed by atoms with Crippen molar-refractivity contribution in [1.29, 1.82) is 5.26 Å². The van der Waals surface area contributed by atoms with Crippen LogP contribution in [0.5, 0.6) is 11.5 Å². The molecule has 2 N–H and O–H groups in total. The van der Waals surface area contributed by atoms with Crippen LogP contribution in [0.25, 0.3) is 6.08 Å². The Morgan fingerprint density at radius 2 is 1.70 bits per heavy atom. The molecule has 0 aromatic heterocycles. The predicted octanol–water partition coefficient (Wildman–Crippen LogP) is 2.54. The van der Waals surface area contributed by atoms with Crippen molar-refractivity contribution >= 4 is 12.0 Å². The van der Waals surface area contributed by atoms with Crippen LogP contribution in [-0.4, -0.2) is 19.1 Å². The molecule has 0 heterocycles. The van der Waals surface area contributed by atoms with Gasteiger partial charge in [0.15, 0.2) is 0 Å². The molecule has 5 nitrogen and oxygen atoms in total. The first kappa shape index (κ1) is 16.1. The van der Waals surface area contributed by atoms with E-state index in [9.17, 15) is 4.79 Å². The summed E-state index contributed by atoms with van der Waals surface area (Å²) in [5, 5.41) is 8.84. The van der Waals surface area contributed by atoms with E-state index in [-0.39, 0.29) is 5.57 Å². The van der Waals surface area contributed by atoms with Gasteiger partial charge in [-0.3, -0.25) is 4.79 Å². The number of hydrogen-bond acceptors (Lipinski definition) is 4. The van der Waals surface area contributed by atoms with Crippen molar-refractivity contribution in [2.24, 2.45) is 5.73 Å². The van der Waals surface area contributed by atoms with Crippen molar-refractivity contribution in [3.05, 3.63) is 65.7 Å². The zero-order valence-corrected chi connectivity index (χ0v) is 12.4. The van der Waals surface area contributed by atoms with E-state index >= 15 is 0 Å². The Labute approximate surface area is 134 Å². The smallest absolute Gasteiger partial charge is 0.259 e. The molecule has 0 saturated carbocycles. The lowest BCUT2D eigenvalue weighted by Crippen LogP contribution is -2.12. The minimum Gasteiger partial charge on any atom is -0.490 e. The predicted molar refractivity (Wildman–Crippen MR) is 86.7 cm³/mol. The second-order valence-electron chi connectivity index (χ2n) is 4.62. The third-order valence-corrected chi connectivity index (χ3v) is 2.92. The molecular formula is C18H16N2O3. The molecule has 0 bridgehead atoms. The first-order valence-corrected chi connectivity index (χ1v) is 7.01. The summed E-state index contributed by atoms with van der Waals surface area (Å²) in [6.07, 6.45) is 1.43. The van der Waals surface area contributed by atoms with E-state index in [0.717, 1.165) is 5.75 Å². The highest BCUT2D eigenvalue weighted by atomic mass is 16.5. The number of para-hydroxylation sites is 1. The van der Waals surface area contributed by atoms with Gasteiger partial charge in [-0.05, 0) is 35.9 Å². The van der Waals surface area contributed by atoms with Crippen LogP contribution < -0.4 is 15.2 Å². The Hall–Kier alpha value is -3.26. The molecule has 0 spiro atoms. The number of nitrogens with two attached hydrogens (primary N) is 1. The fourth-order valence-electron chi connectivity index (χ4n) is 1.86. The van der Waals surface area contributed by atoms with Gasteiger partial charge >= 0.3 is 0 Å². The van der Waals surface area contributed by atoms with Crippen LogP contribution in [0.2, 0.25) is 0 Å². The van der Waals surface area contributed by atoms with Crippen LogP contribution in [0.4, 0.5) is 0 Å².